The molecular weight excluding hydrogens is 244 g/mol. The molecule has 1 aromatic rings. The molecule has 0 spiro atoms. The van der Waals surface area contributed by atoms with Gasteiger partial charge >= 0.3 is 0 Å². The standard InChI is InChI=1S/C14H20N2O3/c1-5-6-11(17)16-10(7-8(2)3)13-12(14(16)18)9(4)19-15-13/h8,10H,5-7H2,1-4H3/t10-/m0/s1. The Morgan fingerprint density at radius 2 is 2.16 bits per heavy atom. The molecule has 0 N–H and O–H groups in total. The molecule has 0 bridgehead atoms. The third-order valence-electron chi connectivity index (χ3n) is 3.38. The fourth-order valence-electron chi connectivity index (χ4n) is 2.55. The molecule has 1 aromatic heterocycles. The van der Waals surface area contributed by atoms with Gasteiger partial charge < -0.3 is 4.52 Å². The minimum absolute atomic E-state index is 0.115. The molecule has 0 fully saturated rings. The summed E-state index contributed by atoms with van der Waals surface area (Å²) in [4.78, 5) is 25.9. The number of hydrogen-bond acceptors (Lipinski definition) is 4. The average molecular weight is 264 g/mol. The quantitative estimate of drug-likeness (QED) is 0.838. The number of aryl methyl sites for hydroxylation is 1. The smallest absolute Gasteiger partial charge is 0.266 e. The van der Waals surface area contributed by atoms with E-state index in [0.29, 0.717) is 29.4 Å². The zero-order valence-electron chi connectivity index (χ0n) is 11.9. The monoisotopic (exact) mass is 264 g/mol. The highest BCUT2D eigenvalue weighted by Crippen LogP contribution is 2.38. The van der Waals surface area contributed by atoms with E-state index >= 15 is 0 Å². The topological polar surface area (TPSA) is 63.4 Å². The molecule has 0 aliphatic carbocycles. The molecule has 5 heteroatoms. The number of carbonyl (C=O) groups excluding carboxylic acids is 2. The van der Waals surface area contributed by atoms with E-state index in [1.807, 2.05) is 6.92 Å². The molecule has 2 amide bonds. The van der Waals surface area contributed by atoms with Crippen molar-refractivity contribution in [2.45, 2.75) is 53.0 Å². The summed E-state index contributed by atoms with van der Waals surface area (Å²) in [5.41, 5.74) is 1.11. The van der Waals surface area contributed by atoms with Gasteiger partial charge in [0.1, 0.15) is 17.0 Å². The molecule has 0 saturated carbocycles. The normalized spacial score (nSPS) is 18.3. The Kier molecular flexibility index (Phi) is 3.73. The second kappa shape index (κ2) is 5.15. The minimum Gasteiger partial charge on any atom is -0.360 e. The Hall–Kier alpha value is -1.65. The van der Waals surface area contributed by atoms with Crippen LogP contribution in [0, 0.1) is 12.8 Å². The van der Waals surface area contributed by atoms with Gasteiger partial charge in [0.25, 0.3) is 5.91 Å². The number of fused-ring (bicyclic) bond motifs is 1. The number of amides is 2. The van der Waals surface area contributed by atoms with Gasteiger partial charge in [-0.2, -0.15) is 0 Å². The van der Waals surface area contributed by atoms with Crippen molar-refractivity contribution in [2.75, 3.05) is 0 Å². The van der Waals surface area contributed by atoms with Gasteiger partial charge in [0.2, 0.25) is 5.91 Å². The van der Waals surface area contributed by atoms with Crippen molar-refractivity contribution in [3.8, 4) is 0 Å². The van der Waals surface area contributed by atoms with E-state index < -0.39 is 0 Å². The molecule has 1 aliphatic rings. The number of imide groups is 1. The highest BCUT2D eigenvalue weighted by Gasteiger charge is 2.44. The molecule has 1 atom stereocenters. The van der Waals surface area contributed by atoms with Gasteiger partial charge in [-0.15, -0.1) is 0 Å². The summed E-state index contributed by atoms with van der Waals surface area (Å²) in [7, 11) is 0. The lowest BCUT2D eigenvalue weighted by atomic mass is 10.0. The van der Waals surface area contributed by atoms with Crippen molar-refractivity contribution in [3.05, 3.63) is 17.0 Å². The van der Waals surface area contributed by atoms with Crippen molar-refractivity contribution in [3.63, 3.8) is 0 Å². The average Bonchev–Trinajstić information content (AvgIpc) is 2.80. The summed E-state index contributed by atoms with van der Waals surface area (Å²) in [6.07, 6.45) is 1.85. The fraction of sp³-hybridized carbons (Fsp3) is 0.643. The zero-order chi connectivity index (χ0) is 14.2. The molecule has 5 nitrogen and oxygen atoms in total. The summed E-state index contributed by atoms with van der Waals surface area (Å²) < 4.78 is 5.10. The molecule has 19 heavy (non-hydrogen) atoms. The minimum atomic E-state index is -0.265. The second-order valence-corrected chi connectivity index (χ2v) is 5.46. The van der Waals surface area contributed by atoms with Gasteiger partial charge in [0, 0.05) is 6.42 Å². The molecule has 1 aliphatic heterocycles. The third kappa shape index (κ3) is 2.29. The maximum absolute atomic E-state index is 12.4. The summed E-state index contributed by atoms with van der Waals surface area (Å²) in [6.45, 7) is 7.78. The van der Waals surface area contributed by atoms with Crippen LogP contribution in [0.1, 0.15) is 67.9 Å². The first kappa shape index (κ1) is 13.8. The lowest BCUT2D eigenvalue weighted by molar-refractivity contribution is -0.130. The molecule has 104 valence electrons. The van der Waals surface area contributed by atoms with E-state index in [4.69, 9.17) is 4.52 Å². The first-order chi connectivity index (χ1) is 8.97. The summed E-state index contributed by atoms with van der Waals surface area (Å²) in [6, 6.07) is -0.265. The van der Waals surface area contributed by atoms with Gasteiger partial charge in [-0.1, -0.05) is 25.9 Å². The van der Waals surface area contributed by atoms with Crippen LogP contribution >= 0.6 is 0 Å². The molecule has 0 aromatic carbocycles. The fourth-order valence-corrected chi connectivity index (χ4v) is 2.55. The number of hydrogen-bond donors (Lipinski definition) is 0. The van der Waals surface area contributed by atoms with Crippen LogP contribution in [0.3, 0.4) is 0 Å². The molecule has 0 unspecified atom stereocenters. The molecule has 2 rings (SSSR count). The Labute approximate surface area is 112 Å². The van der Waals surface area contributed by atoms with Gasteiger partial charge in [-0.05, 0) is 25.7 Å². The molecule has 2 heterocycles. The third-order valence-corrected chi connectivity index (χ3v) is 3.38. The van der Waals surface area contributed by atoms with E-state index in [-0.39, 0.29) is 17.9 Å². The van der Waals surface area contributed by atoms with Crippen LogP contribution < -0.4 is 0 Å². The highest BCUT2D eigenvalue weighted by molar-refractivity contribution is 6.08. The van der Waals surface area contributed by atoms with Crippen molar-refractivity contribution in [2.24, 2.45) is 5.92 Å². The first-order valence-electron chi connectivity index (χ1n) is 6.79. The van der Waals surface area contributed by atoms with Crippen molar-refractivity contribution in [1.82, 2.24) is 10.1 Å². The number of rotatable bonds is 4. The summed E-state index contributed by atoms with van der Waals surface area (Å²) >= 11 is 0. The Morgan fingerprint density at radius 1 is 1.47 bits per heavy atom. The second-order valence-electron chi connectivity index (χ2n) is 5.46. The van der Waals surface area contributed by atoms with E-state index in [2.05, 4.69) is 19.0 Å². The van der Waals surface area contributed by atoms with Crippen molar-refractivity contribution in [1.29, 1.82) is 0 Å². The van der Waals surface area contributed by atoms with E-state index in [1.54, 1.807) is 6.92 Å². The molecule has 0 saturated heterocycles. The van der Waals surface area contributed by atoms with Gasteiger partial charge in [-0.3, -0.25) is 14.5 Å². The van der Waals surface area contributed by atoms with Crippen LogP contribution in [0.25, 0.3) is 0 Å². The maximum atomic E-state index is 12.4. The van der Waals surface area contributed by atoms with Crippen LogP contribution in [0.5, 0.6) is 0 Å². The highest BCUT2D eigenvalue weighted by atomic mass is 16.5. The van der Waals surface area contributed by atoms with Crippen molar-refractivity contribution >= 4 is 11.8 Å². The van der Waals surface area contributed by atoms with Crippen LogP contribution in [0.15, 0.2) is 4.52 Å². The lowest BCUT2D eigenvalue weighted by Crippen LogP contribution is -2.35. The SMILES string of the molecule is CCCC(=O)N1C(=O)c2c(noc2C)[C@@H]1CC(C)C. The predicted molar refractivity (Wildman–Crippen MR) is 69.5 cm³/mol. The maximum Gasteiger partial charge on any atom is 0.266 e. The van der Waals surface area contributed by atoms with E-state index in [0.717, 1.165) is 12.8 Å². The van der Waals surface area contributed by atoms with Crippen molar-refractivity contribution < 1.29 is 14.1 Å². The first-order valence-corrected chi connectivity index (χ1v) is 6.79. The number of nitrogens with zero attached hydrogens (tertiary/aromatic N) is 2. The van der Waals surface area contributed by atoms with Gasteiger partial charge in [0.15, 0.2) is 0 Å². The Morgan fingerprint density at radius 3 is 2.74 bits per heavy atom. The molecular formula is C14H20N2O3. The predicted octanol–water partition coefficient (Wildman–Crippen LogP) is 2.85. The summed E-state index contributed by atoms with van der Waals surface area (Å²) in [5.74, 6) is 0.506. The number of carbonyl (C=O) groups is 2. The van der Waals surface area contributed by atoms with Crippen LogP contribution in [0.2, 0.25) is 0 Å². The van der Waals surface area contributed by atoms with E-state index in [1.165, 1.54) is 4.90 Å². The van der Waals surface area contributed by atoms with Crippen LogP contribution in [0.4, 0.5) is 0 Å². The number of aromatic nitrogens is 1. The van der Waals surface area contributed by atoms with Crippen LogP contribution in [-0.2, 0) is 4.79 Å². The Bertz CT molecular complexity index is 505. The molecule has 0 radical (unpaired) electrons. The zero-order valence-corrected chi connectivity index (χ0v) is 11.9. The largest absolute Gasteiger partial charge is 0.360 e. The van der Waals surface area contributed by atoms with Gasteiger partial charge in [-0.25, -0.2) is 0 Å². The Balaban J connectivity index is 2.38. The van der Waals surface area contributed by atoms with Crippen LogP contribution in [-0.4, -0.2) is 21.9 Å². The van der Waals surface area contributed by atoms with Gasteiger partial charge in [0.05, 0.1) is 6.04 Å². The summed E-state index contributed by atoms with van der Waals surface area (Å²) in [5, 5.41) is 3.98. The lowest BCUT2D eigenvalue weighted by Gasteiger charge is -2.24. The van der Waals surface area contributed by atoms with E-state index in [9.17, 15) is 9.59 Å².